The third-order valence-corrected chi connectivity index (χ3v) is 6.80. The van der Waals surface area contributed by atoms with Gasteiger partial charge in [0.2, 0.25) is 10.0 Å². The van der Waals surface area contributed by atoms with E-state index in [4.69, 9.17) is 17.0 Å². The molecule has 0 unspecified atom stereocenters. The van der Waals surface area contributed by atoms with Crippen molar-refractivity contribution in [2.45, 2.75) is 23.8 Å². The molecular weight excluding hydrogens is 365 g/mol. The molecule has 0 aromatic heterocycles. The maximum absolute atomic E-state index is 13.0. The first kappa shape index (κ1) is 18.5. The number of rotatable bonds is 4. The summed E-state index contributed by atoms with van der Waals surface area (Å²) in [5.74, 6) is -0.452. The summed E-state index contributed by atoms with van der Waals surface area (Å²) in [4.78, 5) is 2.09. The first-order valence-corrected chi connectivity index (χ1v) is 10.2. The van der Waals surface area contributed by atoms with Gasteiger partial charge in [-0.05, 0) is 49.3 Å². The molecule has 2 aliphatic heterocycles. The van der Waals surface area contributed by atoms with Gasteiger partial charge in [-0.1, -0.05) is 0 Å². The smallest absolute Gasteiger partial charge is 0.243 e. The second kappa shape index (κ2) is 7.94. The van der Waals surface area contributed by atoms with Crippen LogP contribution in [0.25, 0.3) is 0 Å². The average molecular weight is 388 g/mol. The first-order chi connectivity index (χ1) is 12.0. The van der Waals surface area contributed by atoms with E-state index in [0.29, 0.717) is 37.8 Å². The second-order valence-corrected chi connectivity index (χ2v) is 8.49. The summed E-state index contributed by atoms with van der Waals surface area (Å²) in [6.45, 7) is 3.24. The number of halogens is 1. The van der Waals surface area contributed by atoms with E-state index in [-0.39, 0.29) is 11.0 Å². The van der Waals surface area contributed by atoms with Gasteiger partial charge in [-0.15, -0.1) is 0 Å². The lowest BCUT2D eigenvalue weighted by molar-refractivity contribution is 0.113. The number of ether oxygens (including phenoxy) is 1. The Hall–Kier alpha value is -1.29. The second-order valence-electron chi connectivity index (χ2n) is 6.17. The normalized spacial score (nSPS) is 22.1. The van der Waals surface area contributed by atoms with Crippen LogP contribution in [0.15, 0.2) is 29.2 Å². The minimum Gasteiger partial charge on any atom is -0.376 e. The molecule has 1 aromatic carbocycles. The quantitative estimate of drug-likeness (QED) is 0.783. The monoisotopic (exact) mass is 387 g/mol. The van der Waals surface area contributed by atoms with Crippen LogP contribution in [-0.4, -0.2) is 68.2 Å². The third kappa shape index (κ3) is 4.46. The molecule has 0 bridgehead atoms. The Morgan fingerprint density at radius 3 is 2.52 bits per heavy atom. The molecule has 9 heteroatoms. The van der Waals surface area contributed by atoms with Crippen LogP contribution in [0.3, 0.4) is 0 Å². The van der Waals surface area contributed by atoms with E-state index in [1.807, 2.05) is 4.90 Å². The first-order valence-electron chi connectivity index (χ1n) is 8.37. The van der Waals surface area contributed by atoms with Gasteiger partial charge in [-0.3, -0.25) is 0 Å². The van der Waals surface area contributed by atoms with Gasteiger partial charge in [0.25, 0.3) is 0 Å². The molecule has 0 radical (unpaired) electrons. The molecule has 1 atom stereocenters. The number of benzene rings is 1. The van der Waals surface area contributed by atoms with Crippen molar-refractivity contribution in [1.82, 2.24) is 14.5 Å². The van der Waals surface area contributed by atoms with Crippen molar-refractivity contribution in [2.75, 3.05) is 39.3 Å². The van der Waals surface area contributed by atoms with Gasteiger partial charge in [0.05, 0.1) is 11.0 Å². The van der Waals surface area contributed by atoms with Gasteiger partial charge in [0.1, 0.15) is 5.82 Å². The van der Waals surface area contributed by atoms with Crippen molar-refractivity contribution >= 4 is 27.4 Å². The molecule has 0 amide bonds. The average Bonchev–Trinajstić information content (AvgIpc) is 3.14. The van der Waals surface area contributed by atoms with Crippen LogP contribution in [0, 0.1) is 5.82 Å². The highest BCUT2D eigenvalue weighted by Gasteiger charge is 2.29. The third-order valence-electron chi connectivity index (χ3n) is 4.48. The molecule has 2 aliphatic rings. The van der Waals surface area contributed by atoms with Gasteiger partial charge < -0.3 is 15.0 Å². The number of nitrogens with one attached hydrogen (secondary N) is 1. The fourth-order valence-corrected chi connectivity index (χ4v) is 4.69. The van der Waals surface area contributed by atoms with Crippen LogP contribution in [0.5, 0.6) is 0 Å². The minimum absolute atomic E-state index is 0.112. The molecule has 25 heavy (non-hydrogen) atoms. The molecular formula is C16H22FN3O3S2. The minimum atomic E-state index is -3.60. The predicted octanol–water partition coefficient (Wildman–Crippen LogP) is 1.19. The molecule has 2 heterocycles. The summed E-state index contributed by atoms with van der Waals surface area (Å²) >= 11 is 5.40. The van der Waals surface area contributed by atoms with E-state index in [9.17, 15) is 12.8 Å². The molecule has 2 fully saturated rings. The number of sulfonamides is 1. The lowest BCUT2D eigenvalue weighted by Gasteiger charge is -2.35. The zero-order valence-corrected chi connectivity index (χ0v) is 15.5. The standard InChI is InChI=1S/C16H22FN3O3S2/c17-13-3-5-15(6-4-13)25(21,22)20-9-7-19(8-10-20)16(24)18-12-14-2-1-11-23-14/h3-6,14H,1-2,7-12H2,(H,18,24)/t14-/m0/s1. The van der Waals surface area contributed by atoms with E-state index >= 15 is 0 Å². The fraction of sp³-hybridized carbons (Fsp3) is 0.562. The Morgan fingerprint density at radius 1 is 1.24 bits per heavy atom. The number of thiocarbonyl (C=S) groups is 1. The van der Waals surface area contributed by atoms with E-state index in [2.05, 4.69) is 5.32 Å². The largest absolute Gasteiger partial charge is 0.376 e. The van der Waals surface area contributed by atoms with Crippen LogP contribution in [0.1, 0.15) is 12.8 Å². The van der Waals surface area contributed by atoms with Gasteiger partial charge >= 0.3 is 0 Å². The number of nitrogens with zero attached hydrogens (tertiary/aromatic N) is 2. The van der Waals surface area contributed by atoms with E-state index in [1.165, 1.54) is 16.4 Å². The Bertz CT molecular complexity index is 698. The number of piperazine rings is 1. The number of hydrogen-bond acceptors (Lipinski definition) is 4. The van der Waals surface area contributed by atoms with Crippen LogP contribution >= 0.6 is 12.2 Å². The van der Waals surface area contributed by atoms with Crippen molar-refractivity contribution < 1.29 is 17.5 Å². The van der Waals surface area contributed by atoms with Crippen molar-refractivity contribution in [3.63, 3.8) is 0 Å². The Morgan fingerprint density at radius 2 is 1.92 bits per heavy atom. The predicted molar refractivity (Wildman–Crippen MR) is 96.3 cm³/mol. The summed E-state index contributed by atoms with van der Waals surface area (Å²) < 4.78 is 45.2. The fourth-order valence-electron chi connectivity index (χ4n) is 3.01. The Kier molecular flexibility index (Phi) is 5.88. The van der Waals surface area contributed by atoms with Gasteiger partial charge in [0, 0.05) is 39.3 Å². The maximum atomic E-state index is 13.0. The highest BCUT2D eigenvalue weighted by Crippen LogP contribution is 2.18. The molecule has 0 saturated carbocycles. The molecule has 1 N–H and O–H groups in total. The Labute approximate surface area is 153 Å². The summed E-state index contributed by atoms with van der Waals surface area (Å²) in [5, 5.41) is 3.84. The summed E-state index contributed by atoms with van der Waals surface area (Å²) in [7, 11) is -3.60. The van der Waals surface area contributed by atoms with Crippen molar-refractivity contribution in [3.05, 3.63) is 30.1 Å². The molecule has 3 rings (SSSR count). The van der Waals surface area contributed by atoms with Crippen LogP contribution < -0.4 is 5.32 Å². The van der Waals surface area contributed by atoms with Gasteiger partial charge in [0.15, 0.2) is 5.11 Å². The van der Waals surface area contributed by atoms with E-state index in [0.717, 1.165) is 31.6 Å². The summed E-state index contributed by atoms with van der Waals surface area (Å²) in [6.07, 6.45) is 2.33. The molecule has 2 saturated heterocycles. The molecule has 1 aromatic rings. The summed E-state index contributed by atoms with van der Waals surface area (Å²) in [6, 6.07) is 4.91. The van der Waals surface area contributed by atoms with Crippen molar-refractivity contribution in [2.24, 2.45) is 0 Å². The van der Waals surface area contributed by atoms with Gasteiger partial charge in [-0.25, -0.2) is 12.8 Å². The lowest BCUT2D eigenvalue weighted by atomic mass is 10.2. The molecule has 6 nitrogen and oxygen atoms in total. The highest BCUT2D eigenvalue weighted by molar-refractivity contribution is 7.89. The zero-order valence-electron chi connectivity index (χ0n) is 13.9. The zero-order chi connectivity index (χ0) is 17.9. The topological polar surface area (TPSA) is 61.9 Å². The lowest BCUT2D eigenvalue weighted by Crippen LogP contribution is -2.53. The molecule has 0 spiro atoms. The van der Waals surface area contributed by atoms with Crippen LogP contribution in [0.4, 0.5) is 4.39 Å². The van der Waals surface area contributed by atoms with Crippen LogP contribution in [-0.2, 0) is 14.8 Å². The van der Waals surface area contributed by atoms with Crippen molar-refractivity contribution in [3.8, 4) is 0 Å². The molecule has 138 valence electrons. The Balaban J connectivity index is 1.52. The van der Waals surface area contributed by atoms with Gasteiger partial charge in [-0.2, -0.15) is 4.31 Å². The highest BCUT2D eigenvalue weighted by atomic mass is 32.2. The van der Waals surface area contributed by atoms with Crippen molar-refractivity contribution in [1.29, 1.82) is 0 Å². The SMILES string of the molecule is O=S(=O)(c1ccc(F)cc1)N1CCN(C(=S)NC[C@@H]2CCCO2)CC1. The maximum Gasteiger partial charge on any atom is 0.243 e. The number of hydrogen-bond donors (Lipinski definition) is 1. The van der Waals surface area contributed by atoms with Crippen LogP contribution in [0.2, 0.25) is 0 Å². The van der Waals surface area contributed by atoms with E-state index < -0.39 is 15.8 Å². The van der Waals surface area contributed by atoms with E-state index in [1.54, 1.807) is 0 Å². The molecule has 0 aliphatic carbocycles. The summed E-state index contributed by atoms with van der Waals surface area (Å²) in [5.41, 5.74) is 0.